The predicted octanol–water partition coefficient (Wildman–Crippen LogP) is 2.05. The average molecular weight is 179 g/mol. The Morgan fingerprint density at radius 1 is 1.46 bits per heavy atom. The van der Waals surface area contributed by atoms with Crippen LogP contribution in [0.5, 0.6) is 0 Å². The van der Waals surface area contributed by atoms with Crippen LogP contribution < -0.4 is 5.73 Å². The van der Waals surface area contributed by atoms with Crippen molar-refractivity contribution in [2.24, 2.45) is 5.92 Å². The summed E-state index contributed by atoms with van der Waals surface area (Å²) < 4.78 is 1.99. The topological polar surface area (TPSA) is 43.8 Å². The second kappa shape index (κ2) is 2.76. The van der Waals surface area contributed by atoms with Crippen LogP contribution in [0.4, 0.5) is 5.82 Å². The van der Waals surface area contributed by atoms with E-state index in [1.54, 1.807) is 0 Å². The molecule has 1 aromatic rings. The molecular weight excluding hydrogens is 162 g/mol. The van der Waals surface area contributed by atoms with E-state index in [1.165, 1.54) is 12.8 Å². The molecule has 0 saturated heterocycles. The summed E-state index contributed by atoms with van der Waals surface area (Å²) in [6, 6.07) is 0.479. The van der Waals surface area contributed by atoms with E-state index in [0.717, 1.165) is 23.0 Å². The third kappa shape index (κ3) is 1.32. The zero-order chi connectivity index (χ0) is 9.59. The van der Waals surface area contributed by atoms with Crippen molar-refractivity contribution in [2.75, 3.05) is 5.73 Å². The van der Waals surface area contributed by atoms with Gasteiger partial charge >= 0.3 is 0 Å². The van der Waals surface area contributed by atoms with Gasteiger partial charge in [-0.25, -0.2) is 4.68 Å². The molecular formula is C10H17N3. The minimum atomic E-state index is 0.479. The fourth-order valence-corrected chi connectivity index (χ4v) is 1.74. The second-order valence-electron chi connectivity index (χ2n) is 4.12. The standard InChI is InChI=1S/C10H17N3/c1-6-7(2)12-13(10(6)11)8(3)9-4-5-9/h8-9H,4-5,11H2,1-3H3. The summed E-state index contributed by atoms with van der Waals surface area (Å²) in [7, 11) is 0. The van der Waals surface area contributed by atoms with Crippen LogP contribution in [0.15, 0.2) is 0 Å². The molecule has 13 heavy (non-hydrogen) atoms. The van der Waals surface area contributed by atoms with E-state index in [4.69, 9.17) is 5.73 Å². The minimum absolute atomic E-state index is 0.479. The van der Waals surface area contributed by atoms with E-state index in [1.807, 2.05) is 18.5 Å². The third-order valence-corrected chi connectivity index (χ3v) is 3.12. The Morgan fingerprint density at radius 3 is 2.46 bits per heavy atom. The van der Waals surface area contributed by atoms with Crippen molar-refractivity contribution in [1.82, 2.24) is 9.78 Å². The normalized spacial score (nSPS) is 19.0. The molecule has 1 atom stereocenters. The lowest BCUT2D eigenvalue weighted by Gasteiger charge is -2.12. The number of anilines is 1. The van der Waals surface area contributed by atoms with Gasteiger partial charge < -0.3 is 5.73 Å². The number of nitrogen functional groups attached to an aromatic ring is 1. The number of hydrogen-bond donors (Lipinski definition) is 1. The van der Waals surface area contributed by atoms with Crippen LogP contribution in [0.2, 0.25) is 0 Å². The van der Waals surface area contributed by atoms with Crippen molar-refractivity contribution in [1.29, 1.82) is 0 Å². The molecule has 0 bridgehead atoms. The molecule has 1 aliphatic carbocycles. The fourth-order valence-electron chi connectivity index (χ4n) is 1.74. The first-order valence-electron chi connectivity index (χ1n) is 4.92. The Balaban J connectivity index is 2.33. The highest BCUT2D eigenvalue weighted by Crippen LogP contribution is 2.40. The molecule has 2 rings (SSSR count). The second-order valence-corrected chi connectivity index (χ2v) is 4.12. The maximum Gasteiger partial charge on any atom is 0.125 e. The highest BCUT2D eigenvalue weighted by Gasteiger charge is 2.31. The van der Waals surface area contributed by atoms with E-state index in [2.05, 4.69) is 12.0 Å². The predicted molar refractivity (Wildman–Crippen MR) is 53.5 cm³/mol. The summed E-state index contributed by atoms with van der Waals surface area (Å²) in [6.45, 7) is 6.26. The molecule has 3 nitrogen and oxygen atoms in total. The maximum absolute atomic E-state index is 5.97. The summed E-state index contributed by atoms with van der Waals surface area (Å²) in [5, 5.41) is 4.46. The molecule has 0 aromatic carbocycles. The van der Waals surface area contributed by atoms with Crippen molar-refractivity contribution in [3.8, 4) is 0 Å². The minimum Gasteiger partial charge on any atom is -0.384 e. The Hall–Kier alpha value is -0.990. The summed E-state index contributed by atoms with van der Waals surface area (Å²) in [5.74, 6) is 1.65. The van der Waals surface area contributed by atoms with Crippen molar-refractivity contribution >= 4 is 5.82 Å². The molecule has 72 valence electrons. The Kier molecular flexibility index (Phi) is 1.82. The molecule has 1 heterocycles. The van der Waals surface area contributed by atoms with E-state index >= 15 is 0 Å². The third-order valence-electron chi connectivity index (χ3n) is 3.12. The first-order chi connectivity index (χ1) is 6.11. The first kappa shape index (κ1) is 8.60. The van der Waals surface area contributed by atoms with Gasteiger partial charge in [0.2, 0.25) is 0 Å². The number of aromatic nitrogens is 2. The highest BCUT2D eigenvalue weighted by molar-refractivity contribution is 5.42. The number of nitrogens with zero attached hydrogens (tertiary/aromatic N) is 2. The monoisotopic (exact) mass is 179 g/mol. The smallest absolute Gasteiger partial charge is 0.125 e. The Morgan fingerprint density at radius 2 is 2.08 bits per heavy atom. The maximum atomic E-state index is 5.97. The van der Waals surface area contributed by atoms with Crippen molar-refractivity contribution in [2.45, 2.75) is 39.7 Å². The van der Waals surface area contributed by atoms with Gasteiger partial charge in [0.15, 0.2) is 0 Å². The van der Waals surface area contributed by atoms with Gasteiger partial charge in [0.25, 0.3) is 0 Å². The molecule has 0 amide bonds. The van der Waals surface area contributed by atoms with Gasteiger partial charge in [-0.15, -0.1) is 0 Å². The molecule has 0 spiro atoms. The Labute approximate surface area is 78.9 Å². The van der Waals surface area contributed by atoms with Gasteiger partial charge in [-0.05, 0) is 39.5 Å². The number of rotatable bonds is 2. The average Bonchev–Trinajstić information content (AvgIpc) is 2.89. The first-order valence-corrected chi connectivity index (χ1v) is 4.92. The zero-order valence-corrected chi connectivity index (χ0v) is 8.54. The largest absolute Gasteiger partial charge is 0.384 e. The summed E-state index contributed by atoms with van der Waals surface area (Å²) in [5.41, 5.74) is 8.16. The van der Waals surface area contributed by atoms with Gasteiger partial charge in [-0.3, -0.25) is 0 Å². The van der Waals surface area contributed by atoms with Gasteiger partial charge in [-0.1, -0.05) is 0 Å². The SMILES string of the molecule is Cc1nn(C(C)C2CC2)c(N)c1C. The molecule has 3 heteroatoms. The molecule has 2 N–H and O–H groups in total. The van der Waals surface area contributed by atoms with Crippen LogP contribution in [0, 0.1) is 19.8 Å². The van der Waals surface area contributed by atoms with E-state index in [-0.39, 0.29) is 0 Å². The van der Waals surface area contributed by atoms with E-state index < -0.39 is 0 Å². The van der Waals surface area contributed by atoms with Crippen LogP contribution in [0.1, 0.15) is 37.1 Å². The van der Waals surface area contributed by atoms with Crippen LogP contribution in [0.25, 0.3) is 0 Å². The van der Waals surface area contributed by atoms with Crippen molar-refractivity contribution < 1.29 is 0 Å². The highest BCUT2D eigenvalue weighted by atomic mass is 15.3. The van der Waals surface area contributed by atoms with Gasteiger partial charge in [0.1, 0.15) is 5.82 Å². The molecule has 0 radical (unpaired) electrons. The molecule has 1 fully saturated rings. The van der Waals surface area contributed by atoms with Crippen LogP contribution in [0.3, 0.4) is 0 Å². The summed E-state index contributed by atoms with van der Waals surface area (Å²) >= 11 is 0. The quantitative estimate of drug-likeness (QED) is 0.755. The molecule has 1 saturated carbocycles. The van der Waals surface area contributed by atoms with E-state index in [0.29, 0.717) is 6.04 Å². The number of aryl methyl sites for hydroxylation is 1. The van der Waals surface area contributed by atoms with Gasteiger partial charge in [0, 0.05) is 5.56 Å². The molecule has 1 aliphatic rings. The summed E-state index contributed by atoms with van der Waals surface area (Å²) in [6.07, 6.45) is 2.66. The van der Waals surface area contributed by atoms with Gasteiger partial charge in [-0.2, -0.15) is 5.10 Å². The molecule has 1 aromatic heterocycles. The summed E-state index contributed by atoms with van der Waals surface area (Å²) in [4.78, 5) is 0. The van der Waals surface area contributed by atoms with Crippen molar-refractivity contribution in [3.05, 3.63) is 11.3 Å². The fraction of sp³-hybridized carbons (Fsp3) is 0.700. The number of hydrogen-bond acceptors (Lipinski definition) is 2. The number of nitrogens with two attached hydrogens (primary N) is 1. The zero-order valence-electron chi connectivity index (χ0n) is 8.54. The lowest BCUT2D eigenvalue weighted by Crippen LogP contribution is -2.12. The van der Waals surface area contributed by atoms with Crippen LogP contribution in [-0.4, -0.2) is 9.78 Å². The van der Waals surface area contributed by atoms with Gasteiger partial charge in [0.05, 0.1) is 11.7 Å². The molecule has 0 aliphatic heterocycles. The van der Waals surface area contributed by atoms with Crippen LogP contribution >= 0.6 is 0 Å². The van der Waals surface area contributed by atoms with Crippen LogP contribution in [-0.2, 0) is 0 Å². The van der Waals surface area contributed by atoms with Crippen molar-refractivity contribution in [3.63, 3.8) is 0 Å². The molecule has 1 unspecified atom stereocenters. The van der Waals surface area contributed by atoms with E-state index in [9.17, 15) is 0 Å². The Bertz CT molecular complexity index is 323. The lowest BCUT2D eigenvalue weighted by atomic mass is 10.2. The lowest BCUT2D eigenvalue weighted by molar-refractivity contribution is 0.444.